The Morgan fingerprint density at radius 2 is 2.00 bits per heavy atom. The number of aromatic nitrogens is 2. The molecule has 1 aromatic heterocycles. The van der Waals surface area contributed by atoms with Gasteiger partial charge in [0.15, 0.2) is 12.1 Å². The molecule has 0 aliphatic carbocycles. The molecule has 1 fully saturated rings. The van der Waals surface area contributed by atoms with Crippen molar-refractivity contribution < 1.29 is 4.79 Å². The van der Waals surface area contributed by atoms with E-state index >= 15 is 0 Å². The van der Waals surface area contributed by atoms with Gasteiger partial charge in [-0.15, -0.1) is 0 Å². The number of anilines is 1. The van der Waals surface area contributed by atoms with E-state index in [1.54, 1.807) is 0 Å². The monoisotopic (exact) mass is 272 g/mol. The van der Waals surface area contributed by atoms with E-state index in [4.69, 9.17) is 0 Å². The van der Waals surface area contributed by atoms with Gasteiger partial charge in [-0.1, -0.05) is 6.07 Å². The van der Waals surface area contributed by atoms with Gasteiger partial charge in [0.1, 0.15) is 0 Å². The molecule has 1 saturated heterocycles. The van der Waals surface area contributed by atoms with Crippen molar-refractivity contribution in [3.63, 3.8) is 0 Å². The summed E-state index contributed by atoms with van der Waals surface area (Å²) in [6.07, 6.45) is 0.845. The molecule has 20 heavy (non-hydrogen) atoms. The Hall–Kier alpha value is -1.88. The highest BCUT2D eigenvalue weighted by atomic mass is 16.1. The Morgan fingerprint density at radius 1 is 1.25 bits per heavy atom. The number of imidazole rings is 1. The third kappa shape index (κ3) is 2.08. The highest BCUT2D eigenvalue weighted by Gasteiger charge is 2.19. The van der Waals surface area contributed by atoms with Gasteiger partial charge in [-0.2, -0.15) is 0 Å². The average molecular weight is 272 g/mol. The van der Waals surface area contributed by atoms with Gasteiger partial charge in [0.25, 0.3) is 0 Å². The van der Waals surface area contributed by atoms with Crippen LogP contribution < -0.4 is 4.90 Å². The number of aldehydes is 1. The number of benzene rings is 1. The van der Waals surface area contributed by atoms with Crippen molar-refractivity contribution in [3.8, 4) is 0 Å². The lowest BCUT2D eigenvalue weighted by molar-refractivity contribution is 0.111. The van der Waals surface area contributed by atoms with Crippen molar-refractivity contribution in [2.75, 3.05) is 38.1 Å². The van der Waals surface area contributed by atoms with Gasteiger partial charge in [0.05, 0.1) is 16.7 Å². The Labute approximate surface area is 118 Å². The average Bonchev–Trinajstić information content (AvgIpc) is 2.85. The summed E-state index contributed by atoms with van der Waals surface area (Å²) in [7, 11) is 2.15. The molecular formula is C15H20N4O. The summed E-state index contributed by atoms with van der Waals surface area (Å²) in [5, 5.41) is 0. The number of hydrogen-bond acceptors (Lipinski definition) is 4. The SMILES string of the molecule is CCn1c(C=O)nc2cccc(N3CCN(C)CC3)c21. The maximum absolute atomic E-state index is 11.2. The number of fused-ring (bicyclic) bond motifs is 1. The number of aryl methyl sites for hydroxylation is 1. The van der Waals surface area contributed by atoms with Gasteiger partial charge in [0, 0.05) is 32.7 Å². The lowest BCUT2D eigenvalue weighted by atomic mass is 10.2. The van der Waals surface area contributed by atoms with E-state index in [1.807, 2.05) is 16.7 Å². The van der Waals surface area contributed by atoms with Crippen LogP contribution in [0, 0.1) is 0 Å². The van der Waals surface area contributed by atoms with Gasteiger partial charge in [-0.25, -0.2) is 4.98 Å². The van der Waals surface area contributed by atoms with Crippen LogP contribution in [0.3, 0.4) is 0 Å². The molecule has 1 aromatic carbocycles. The van der Waals surface area contributed by atoms with Crippen molar-refractivity contribution in [1.29, 1.82) is 0 Å². The molecule has 0 atom stereocenters. The van der Waals surface area contributed by atoms with E-state index in [2.05, 4.69) is 34.8 Å². The molecule has 0 unspecified atom stereocenters. The van der Waals surface area contributed by atoms with Crippen molar-refractivity contribution in [2.45, 2.75) is 13.5 Å². The standard InChI is InChI=1S/C15H20N4O/c1-3-19-14(11-20)16-12-5-4-6-13(15(12)19)18-9-7-17(2)8-10-18/h4-6,11H,3,7-10H2,1-2H3. The molecule has 2 aromatic rings. The first kappa shape index (κ1) is 13.1. The number of carbonyl (C=O) groups is 1. The summed E-state index contributed by atoms with van der Waals surface area (Å²) in [6, 6.07) is 6.14. The molecule has 5 heteroatoms. The largest absolute Gasteiger partial charge is 0.367 e. The first-order chi connectivity index (χ1) is 9.74. The Kier molecular flexibility index (Phi) is 3.44. The summed E-state index contributed by atoms with van der Waals surface area (Å²) in [6.45, 7) is 6.97. The lowest BCUT2D eigenvalue weighted by Crippen LogP contribution is -2.44. The van der Waals surface area contributed by atoms with Gasteiger partial charge >= 0.3 is 0 Å². The molecule has 0 N–H and O–H groups in total. The smallest absolute Gasteiger partial charge is 0.185 e. The van der Waals surface area contributed by atoms with Crippen LogP contribution in [0.25, 0.3) is 11.0 Å². The summed E-state index contributed by atoms with van der Waals surface area (Å²) in [5.74, 6) is 0.518. The first-order valence-corrected chi connectivity index (χ1v) is 7.12. The first-order valence-electron chi connectivity index (χ1n) is 7.12. The maximum Gasteiger partial charge on any atom is 0.185 e. The molecule has 106 valence electrons. The van der Waals surface area contributed by atoms with Crippen LogP contribution in [0.15, 0.2) is 18.2 Å². The van der Waals surface area contributed by atoms with Crippen LogP contribution in [-0.2, 0) is 6.54 Å². The van der Waals surface area contributed by atoms with Crippen LogP contribution in [0.2, 0.25) is 0 Å². The zero-order valence-electron chi connectivity index (χ0n) is 12.0. The Morgan fingerprint density at radius 3 is 2.65 bits per heavy atom. The van der Waals surface area contributed by atoms with Gasteiger partial charge in [-0.05, 0) is 26.1 Å². The molecule has 3 rings (SSSR count). The van der Waals surface area contributed by atoms with Crippen molar-refractivity contribution >= 4 is 23.0 Å². The van der Waals surface area contributed by atoms with Crippen LogP contribution in [0.5, 0.6) is 0 Å². The predicted octanol–water partition coefficient (Wildman–Crippen LogP) is 1.62. The number of likely N-dealkylation sites (N-methyl/N-ethyl adjacent to an activating group) is 1. The Balaban J connectivity index is 2.10. The molecule has 1 aliphatic rings. The fourth-order valence-electron chi connectivity index (χ4n) is 2.90. The Bertz CT molecular complexity index is 626. The summed E-state index contributed by atoms with van der Waals surface area (Å²) >= 11 is 0. The number of carbonyl (C=O) groups excluding carboxylic acids is 1. The van der Waals surface area contributed by atoms with E-state index < -0.39 is 0 Å². The van der Waals surface area contributed by atoms with Crippen LogP contribution in [0.4, 0.5) is 5.69 Å². The van der Waals surface area contributed by atoms with E-state index in [1.165, 1.54) is 5.69 Å². The highest BCUT2D eigenvalue weighted by molar-refractivity contribution is 5.92. The minimum atomic E-state index is 0.518. The molecule has 1 aliphatic heterocycles. The third-order valence-corrected chi connectivity index (χ3v) is 4.04. The normalized spacial score (nSPS) is 16.8. The lowest BCUT2D eigenvalue weighted by Gasteiger charge is -2.34. The van der Waals surface area contributed by atoms with Gasteiger partial charge in [-0.3, -0.25) is 4.79 Å². The van der Waals surface area contributed by atoms with Crippen molar-refractivity contribution in [3.05, 3.63) is 24.0 Å². The molecule has 0 radical (unpaired) electrons. The molecule has 0 saturated carbocycles. The number of nitrogens with zero attached hydrogens (tertiary/aromatic N) is 4. The van der Waals surface area contributed by atoms with Gasteiger partial charge in [0.2, 0.25) is 0 Å². The minimum Gasteiger partial charge on any atom is -0.367 e. The topological polar surface area (TPSA) is 41.4 Å². The number of piperazine rings is 1. The number of hydrogen-bond donors (Lipinski definition) is 0. The van der Waals surface area contributed by atoms with Crippen LogP contribution in [0.1, 0.15) is 17.5 Å². The van der Waals surface area contributed by atoms with E-state index in [0.29, 0.717) is 5.82 Å². The van der Waals surface area contributed by atoms with E-state index in [0.717, 1.165) is 50.0 Å². The summed E-state index contributed by atoms with van der Waals surface area (Å²) in [5.41, 5.74) is 3.19. The van der Waals surface area contributed by atoms with Gasteiger partial charge < -0.3 is 14.4 Å². The molecule has 2 heterocycles. The highest BCUT2D eigenvalue weighted by Crippen LogP contribution is 2.28. The predicted molar refractivity (Wildman–Crippen MR) is 80.5 cm³/mol. The second-order valence-corrected chi connectivity index (χ2v) is 5.27. The van der Waals surface area contributed by atoms with Crippen molar-refractivity contribution in [1.82, 2.24) is 14.5 Å². The fourth-order valence-corrected chi connectivity index (χ4v) is 2.90. The molecule has 0 bridgehead atoms. The quantitative estimate of drug-likeness (QED) is 0.796. The summed E-state index contributed by atoms with van der Waals surface area (Å²) < 4.78 is 2.01. The fraction of sp³-hybridized carbons (Fsp3) is 0.467. The molecule has 5 nitrogen and oxygen atoms in total. The number of rotatable bonds is 3. The van der Waals surface area contributed by atoms with E-state index in [-0.39, 0.29) is 0 Å². The third-order valence-electron chi connectivity index (χ3n) is 4.04. The second-order valence-electron chi connectivity index (χ2n) is 5.27. The summed E-state index contributed by atoms with van der Waals surface area (Å²) in [4.78, 5) is 20.3. The zero-order valence-corrected chi connectivity index (χ0v) is 12.0. The van der Waals surface area contributed by atoms with Crippen LogP contribution >= 0.6 is 0 Å². The maximum atomic E-state index is 11.2. The molecule has 0 spiro atoms. The zero-order chi connectivity index (χ0) is 14.1. The minimum absolute atomic E-state index is 0.518. The molecular weight excluding hydrogens is 252 g/mol. The van der Waals surface area contributed by atoms with E-state index in [9.17, 15) is 4.79 Å². The second kappa shape index (κ2) is 5.25. The van der Waals surface area contributed by atoms with Crippen LogP contribution in [-0.4, -0.2) is 54.0 Å². The molecule has 0 amide bonds. The number of para-hydroxylation sites is 1. The van der Waals surface area contributed by atoms with Crippen molar-refractivity contribution in [2.24, 2.45) is 0 Å².